The lowest BCUT2D eigenvalue weighted by molar-refractivity contribution is -0.152. The van der Waals surface area contributed by atoms with Crippen LogP contribution in [0.15, 0.2) is 24.3 Å². The van der Waals surface area contributed by atoms with E-state index < -0.39 is 11.4 Å². The molecule has 2 N–H and O–H groups in total. The number of ether oxygens (including phenoxy) is 1. The molecule has 1 amide bonds. The maximum absolute atomic E-state index is 12.8. The number of rotatable bonds is 4. The van der Waals surface area contributed by atoms with Crippen LogP contribution < -0.4 is 4.74 Å². The van der Waals surface area contributed by atoms with Crippen molar-refractivity contribution in [2.24, 2.45) is 5.41 Å². The van der Waals surface area contributed by atoms with Gasteiger partial charge in [-0.15, -0.1) is 0 Å². The number of para-hydroxylation sites is 1. The van der Waals surface area contributed by atoms with E-state index in [1.807, 2.05) is 38.1 Å². The van der Waals surface area contributed by atoms with E-state index in [9.17, 15) is 14.7 Å². The third-order valence-corrected chi connectivity index (χ3v) is 5.97. The van der Waals surface area contributed by atoms with Gasteiger partial charge in [-0.3, -0.25) is 14.7 Å². The molecule has 142 valence electrons. The number of benzene rings is 1. The predicted molar refractivity (Wildman–Crippen MR) is 97.7 cm³/mol. The van der Waals surface area contributed by atoms with Gasteiger partial charge in [0.2, 0.25) is 5.91 Å². The molecular formula is C20H23N3O4. The van der Waals surface area contributed by atoms with Crippen LogP contribution in [0.25, 0.3) is 0 Å². The third-order valence-electron chi connectivity index (χ3n) is 5.97. The van der Waals surface area contributed by atoms with Crippen LogP contribution in [0.2, 0.25) is 0 Å². The summed E-state index contributed by atoms with van der Waals surface area (Å²) in [5, 5.41) is 17.0. The van der Waals surface area contributed by atoms with Gasteiger partial charge in [-0.25, -0.2) is 0 Å². The number of nitrogens with one attached hydrogen (secondary N) is 1. The molecule has 2 aliphatic heterocycles. The number of aromatic amines is 1. The topological polar surface area (TPSA) is 95.5 Å². The average molecular weight is 369 g/mol. The molecule has 27 heavy (non-hydrogen) atoms. The number of carboxylic acid groups (broad SMARTS) is 1. The van der Waals surface area contributed by atoms with Crippen molar-refractivity contribution in [1.82, 2.24) is 15.1 Å². The van der Waals surface area contributed by atoms with Crippen molar-refractivity contribution >= 4 is 11.9 Å². The number of likely N-dealkylation sites (tertiary alicyclic amines) is 1. The van der Waals surface area contributed by atoms with Gasteiger partial charge in [-0.2, -0.15) is 5.10 Å². The molecule has 2 aromatic rings. The van der Waals surface area contributed by atoms with E-state index >= 15 is 0 Å². The molecule has 7 nitrogen and oxygen atoms in total. The maximum atomic E-state index is 12.8. The number of aliphatic carboxylic acids is 1. The van der Waals surface area contributed by atoms with E-state index in [0.717, 1.165) is 28.3 Å². The molecule has 0 saturated carbocycles. The highest BCUT2D eigenvalue weighted by Crippen LogP contribution is 2.49. The molecule has 0 aliphatic carbocycles. The zero-order valence-electron chi connectivity index (χ0n) is 15.5. The quantitative estimate of drug-likeness (QED) is 0.860. The monoisotopic (exact) mass is 369 g/mol. The molecule has 2 aliphatic rings. The fourth-order valence-electron chi connectivity index (χ4n) is 4.36. The molecule has 1 aromatic carbocycles. The number of carbonyl (C=O) groups is 2. The summed E-state index contributed by atoms with van der Waals surface area (Å²) >= 11 is 0. The smallest absolute Gasteiger partial charge is 0.315 e. The largest absolute Gasteiger partial charge is 0.492 e. The Morgan fingerprint density at radius 2 is 2.15 bits per heavy atom. The number of hydrogen-bond acceptors (Lipinski definition) is 4. The summed E-state index contributed by atoms with van der Waals surface area (Å²) in [5.74, 6) is -0.457. The van der Waals surface area contributed by atoms with E-state index in [-0.39, 0.29) is 25.0 Å². The molecule has 1 fully saturated rings. The number of carboxylic acids is 1. The normalized spacial score (nSPS) is 23.5. The number of hydrogen-bond donors (Lipinski definition) is 2. The Bertz CT molecular complexity index is 887. The second-order valence-corrected chi connectivity index (χ2v) is 7.53. The number of H-pyrrole nitrogens is 1. The first kappa shape index (κ1) is 17.6. The van der Waals surface area contributed by atoms with Crippen LogP contribution in [-0.4, -0.2) is 51.8 Å². The zero-order chi connectivity index (χ0) is 19.2. The lowest BCUT2D eigenvalue weighted by Gasteiger charge is -2.35. The second kappa shape index (κ2) is 6.40. The molecule has 7 heteroatoms. The van der Waals surface area contributed by atoms with Gasteiger partial charge in [0.05, 0.1) is 5.69 Å². The highest BCUT2D eigenvalue weighted by Gasteiger charge is 2.57. The fourth-order valence-corrected chi connectivity index (χ4v) is 4.36. The molecule has 3 heterocycles. The van der Waals surface area contributed by atoms with Crippen molar-refractivity contribution in [1.29, 1.82) is 0 Å². The molecule has 1 aromatic heterocycles. The van der Waals surface area contributed by atoms with Crippen molar-refractivity contribution in [3.05, 3.63) is 46.8 Å². The van der Waals surface area contributed by atoms with Crippen molar-refractivity contribution in [2.75, 3.05) is 19.7 Å². The number of amides is 1. The van der Waals surface area contributed by atoms with Crippen LogP contribution in [0.3, 0.4) is 0 Å². The summed E-state index contributed by atoms with van der Waals surface area (Å²) in [7, 11) is 0. The minimum Gasteiger partial charge on any atom is -0.492 e. The zero-order valence-corrected chi connectivity index (χ0v) is 15.5. The van der Waals surface area contributed by atoms with Crippen molar-refractivity contribution in [2.45, 2.75) is 32.6 Å². The van der Waals surface area contributed by atoms with E-state index in [1.165, 1.54) is 0 Å². The lowest BCUT2D eigenvalue weighted by Crippen LogP contribution is -2.46. The van der Waals surface area contributed by atoms with E-state index in [1.54, 1.807) is 4.90 Å². The Labute approximate surface area is 157 Å². The molecule has 4 rings (SSSR count). The minimum atomic E-state index is -1.08. The van der Waals surface area contributed by atoms with Gasteiger partial charge in [0.1, 0.15) is 17.8 Å². The van der Waals surface area contributed by atoms with E-state index in [2.05, 4.69) is 10.2 Å². The Balaban J connectivity index is 1.54. The van der Waals surface area contributed by atoms with Crippen molar-refractivity contribution in [3.8, 4) is 5.75 Å². The van der Waals surface area contributed by atoms with Gasteiger partial charge < -0.3 is 14.7 Å². The summed E-state index contributed by atoms with van der Waals surface area (Å²) in [5.41, 5.74) is 2.73. The Morgan fingerprint density at radius 3 is 2.85 bits per heavy atom. The van der Waals surface area contributed by atoms with E-state index in [0.29, 0.717) is 19.4 Å². The summed E-state index contributed by atoms with van der Waals surface area (Å²) in [6.45, 7) is 4.55. The van der Waals surface area contributed by atoms with Gasteiger partial charge in [-0.05, 0) is 31.9 Å². The molecule has 0 unspecified atom stereocenters. The van der Waals surface area contributed by atoms with E-state index in [4.69, 9.17) is 4.74 Å². The summed E-state index contributed by atoms with van der Waals surface area (Å²) in [6, 6.07) is 7.52. The van der Waals surface area contributed by atoms with Crippen LogP contribution in [-0.2, 0) is 16.0 Å². The molecule has 1 saturated heterocycles. The first-order valence-electron chi connectivity index (χ1n) is 9.16. The van der Waals surface area contributed by atoms with Crippen LogP contribution in [0.1, 0.15) is 34.9 Å². The lowest BCUT2D eigenvalue weighted by atomic mass is 9.73. The summed E-state index contributed by atoms with van der Waals surface area (Å²) in [6.07, 6.45) is 0.938. The van der Waals surface area contributed by atoms with Gasteiger partial charge >= 0.3 is 5.97 Å². The SMILES string of the molecule is Cc1n[nH]c(C)c1CCC(=O)N1C[C@@H]2c3ccccc3OC[C@]2(C(=O)O)C1. The Hall–Kier alpha value is -2.83. The van der Waals surface area contributed by atoms with Gasteiger partial charge in [-0.1, -0.05) is 18.2 Å². The highest BCUT2D eigenvalue weighted by molar-refractivity contribution is 5.83. The Morgan fingerprint density at radius 1 is 1.37 bits per heavy atom. The predicted octanol–water partition coefficient (Wildman–Crippen LogP) is 2.05. The first-order valence-corrected chi connectivity index (χ1v) is 9.16. The summed E-state index contributed by atoms with van der Waals surface area (Å²) in [4.78, 5) is 26.7. The first-order chi connectivity index (χ1) is 12.9. The minimum absolute atomic E-state index is 0.0255. The average Bonchev–Trinajstić information content (AvgIpc) is 3.21. The van der Waals surface area contributed by atoms with Gasteiger partial charge in [0, 0.05) is 36.7 Å². The maximum Gasteiger partial charge on any atom is 0.315 e. The van der Waals surface area contributed by atoms with Crippen LogP contribution in [0.4, 0.5) is 0 Å². The van der Waals surface area contributed by atoms with Crippen LogP contribution >= 0.6 is 0 Å². The molecule has 2 atom stereocenters. The van der Waals surface area contributed by atoms with Crippen molar-refractivity contribution in [3.63, 3.8) is 0 Å². The number of carbonyl (C=O) groups excluding carboxylic acids is 1. The highest BCUT2D eigenvalue weighted by atomic mass is 16.5. The van der Waals surface area contributed by atoms with Gasteiger partial charge in [0.15, 0.2) is 0 Å². The number of aromatic nitrogens is 2. The standard InChI is InChI=1S/C20H23N3O4/c1-12-14(13(2)22-21-12)7-8-18(24)23-9-16-15-5-3-4-6-17(15)27-11-20(16,10-23)19(25)26/h3-6,16H,7-11H2,1-2H3,(H,21,22)(H,25,26)/t16-,20-/m1/s1. The summed E-state index contributed by atoms with van der Waals surface area (Å²) < 4.78 is 5.75. The second-order valence-electron chi connectivity index (χ2n) is 7.53. The van der Waals surface area contributed by atoms with Gasteiger partial charge in [0.25, 0.3) is 0 Å². The third kappa shape index (κ3) is 2.78. The van der Waals surface area contributed by atoms with Crippen LogP contribution in [0, 0.1) is 19.3 Å². The molecule has 0 spiro atoms. The molecule has 0 radical (unpaired) electrons. The Kier molecular flexibility index (Phi) is 4.17. The fraction of sp³-hybridized carbons (Fsp3) is 0.450. The molecule has 0 bridgehead atoms. The van der Waals surface area contributed by atoms with Crippen molar-refractivity contribution < 1.29 is 19.4 Å². The number of fused-ring (bicyclic) bond motifs is 3. The number of nitrogens with zero attached hydrogens (tertiary/aromatic N) is 2. The van der Waals surface area contributed by atoms with Crippen LogP contribution in [0.5, 0.6) is 5.75 Å². The molecular weight excluding hydrogens is 346 g/mol. The number of aryl methyl sites for hydroxylation is 2.